The van der Waals surface area contributed by atoms with Crippen molar-refractivity contribution < 1.29 is 17.4 Å². The molecule has 0 saturated heterocycles. The minimum Gasteiger partial charge on any atom is -0.382 e. The van der Waals surface area contributed by atoms with Crippen LogP contribution in [0.1, 0.15) is 26.7 Å². The van der Waals surface area contributed by atoms with Crippen molar-refractivity contribution in [3.8, 4) is 5.75 Å². The molecule has 0 heterocycles. The third kappa shape index (κ3) is 2.02. The van der Waals surface area contributed by atoms with Gasteiger partial charge in [-0.15, -0.1) is 0 Å². The van der Waals surface area contributed by atoms with Crippen LogP contribution in [0.2, 0.25) is 0 Å². The van der Waals surface area contributed by atoms with Gasteiger partial charge in [-0.2, -0.15) is 8.42 Å². The maximum absolute atomic E-state index is 12.6. The van der Waals surface area contributed by atoms with Gasteiger partial charge >= 0.3 is 10.1 Å². The monoisotopic (exact) mass is 320 g/mol. The Balaban J connectivity index is 1.91. The number of Topliss-reactive ketones (excluding diaryl/α,β-unsaturated/α-hetero) is 1. The molecule has 0 amide bonds. The number of ketones is 1. The van der Waals surface area contributed by atoms with Gasteiger partial charge in [0.25, 0.3) is 0 Å². The van der Waals surface area contributed by atoms with Gasteiger partial charge in [0.05, 0.1) is 11.2 Å². The predicted molar refractivity (Wildman–Crippen MR) is 83.9 cm³/mol. The number of carbonyl (C=O) groups excluding carboxylic acids is 1. The highest BCUT2D eigenvalue weighted by molar-refractivity contribution is 7.87. The molecular formula is C17H20O4S. The van der Waals surface area contributed by atoms with Crippen LogP contribution in [0.3, 0.4) is 0 Å². The molecule has 2 saturated carbocycles. The Kier molecular flexibility index (Phi) is 3.25. The van der Waals surface area contributed by atoms with Crippen molar-refractivity contribution in [1.29, 1.82) is 0 Å². The molecule has 2 fully saturated rings. The van der Waals surface area contributed by atoms with Crippen LogP contribution in [0.25, 0.3) is 0 Å². The van der Waals surface area contributed by atoms with E-state index >= 15 is 0 Å². The quantitative estimate of drug-likeness (QED) is 0.632. The molecule has 2 bridgehead atoms. The molecular weight excluding hydrogens is 300 g/mol. The molecule has 2 aliphatic carbocycles. The summed E-state index contributed by atoms with van der Waals surface area (Å²) >= 11 is 0. The Morgan fingerprint density at radius 3 is 2.45 bits per heavy atom. The smallest absolute Gasteiger partial charge is 0.310 e. The van der Waals surface area contributed by atoms with E-state index in [0.29, 0.717) is 12.0 Å². The topological polar surface area (TPSA) is 60.4 Å². The van der Waals surface area contributed by atoms with E-state index in [-0.39, 0.29) is 23.2 Å². The fraction of sp³-hybridized carbons (Fsp3) is 0.471. The minimum atomic E-state index is -3.85. The summed E-state index contributed by atoms with van der Waals surface area (Å²) in [6.07, 6.45) is 1.40. The molecule has 1 aromatic rings. The van der Waals surface area contributed by atoms with Gasteiger partial charge < -0.3 is 4.18 Å². The van der Waals surface area contributed by atoms with Gasteiger partial charge in [0.15, 0.2) is 5.78 Å². The van der Waals surface area contributed by atoms with Crippen LogP contribution in [0, 0.1) is 16.7 Å². The molecule has 0 N–H and O–H groups in total. The summed E-state index contributed by atoms with van der Waals surface area (Å²) in [6.45, 7) is 7.83. The van der Waals surface area contributed by atoms with E-state index in [9.17, 15) is 13.2 Å². The lowest BCUT2D eigenvalue weighted by Gasteiger charge is -2.35. The maximum atomic E-state index is 12.6. The summed E-state index contributed by atoms with van der Waals surface area (Å²) in [5, 5.41) is 0. The van der Waals surface area contributed by atoms with Crippen molar-refractivity contribution in [1.82, 2.24) is 0 Å². The average molecular weight is 320 g/mol. The SMILES string of the molecule is C=C1C(=O)C2(CS(=O)(=O)Oc3ccccc3)CCC1C2(C)C. The molecule has 0 radical (unpaired) electrons. The first kappa shape index (κ1) is 15.3. The van der Waals surface area contributed by atoms with Crippen molar-refractivity contribution >= 4 is 15.9 Å². The lowest BCUT2D eigenvalue weighted by molar-refractivity contribution is -0.125. The van der Waals surface area contributed by atoms with E-state index in [2.05, 4.69) is 6.58 Å². The minimum absolute atomic E-state index is 0.0759. The van der Waals surface area contributed by atoms with Crippen LogP contribution in [-0.4, -0.2) is 20.0 Å². The average Bonchev–Trinajstić information content (AvgIpc) is 2.75. The summed E-state index contributed by atoms with van der Waals surface area (Å²) < 4.78 is 30.1. The number of fused-ring (bicyclic) bond motifs is 2. The first-order chi connectivity index (χ1) is 10.2. The molecule has 3 rings (SSSR count). The van der Waals surface area contributed by atoms with Gasteiger partial charge in [0.1, 0.15) is 5.75 Å². The zero-order valence-electron chi connectivity index (χ0n) is 12.8. The van der Waals surface area contributed by atoms with E-state index in [0.717, 1.165) is 6.42 Å². The summed E-state index contributed by atoms with van der Waals surface area (Å²) in [5.41, 5.74) is -0.720. The zero-order chi connectivity index (χ0) is 16.2. The van der Waals surface area contributed by atoms with E-state index in [1.165, 1.54) is 0 Å². The van der Waals surface area contributed by atoms with E-state index < -0.39 is 20.9 Å². The molecule has 0 aliphatic heterocycles. The number of carbonyl (C=O) groups is 1. The Morgan fingerprint density at radius 2 is 1.91 bits per heavy atom. The zero-order valence-corrected chi connectivity index (χ0v) is 13.7. The van der Waals surface area contributed by atoms with Crippen molar-refractivity contribution in [2.75, 3.05) is 5.75 Å². The standard InChI is InChI=1S/C17H20O4S/c1-12-14-9-10-17(15(12)18,16(14,2)3)11-22(19,20)21-13-7-5-4-6-8-13/h4-8,14H,1,9-11H2,2-3H3. The van der Waals surface area contributed by atoms with Gasteiger partial charge in [0.2, 0.25) is 0 Å². The van der Waals surface area contributed by atoms with Crippen molar-refractivity contribution in [2.45, 2.75) is 26.7 Å². The molecule has 5 heteroatoms. The van der Waals surface area contributed by atoms with Crippen LogP contribution in [0.15, 0.2) is 42.5 Å². The van der Waals surface area contributed by atoms with Crippen LogP contribution in [0.5, 0.6) is 5.75 Å². The maximum Gasteiger partial charge on any atom is 0.310 e. The Hall–Kier alpha value is -1.62. The number of hydrogen-bond acceptors (Lipinski definition) is 4. The van der Waals surface area contributed by atoms with E-state index in [1.54, 1.807) is 30.3 Å². The van der Waals surface area contributed by atoms with Crippen LogP contribution in [-0.2, 0) is 14.9 Å². The van der Waals surface area contributed by atoms with Gasteiger partial charge in [0, 0.05) is 0 Å². The third-order valence-corrected chi connectivity index (χ3v) is 6.79. The lowest BCUT2D eigenvalue weighted by Crippen LogP contribution is -2.43. The molecule has 2 unspecified atom stereocenters. The Morgan fingerprint density at radius 1 is 1.27 bits per heavy atom. The highest BCUT2D eigenvalue weighted by atomic mass is 32.2. The third-order valence-electron chi connectivity index (χ3n) is 5.50. The number of para-hydroxylation sites is 1. The van der Waals surface area contributed by atoms with Crippen molar-refractivity contribution in [2.24, 2.45) is 16.7 Å². The Bertz CT molecular complexity index is 733. The van der Waals surface area contributed by atoms with Crippen molar-refractivity contribution in [3.63, 3.8) is 0 Å². The van der Waals surface area contributed by atoms with Crippen LogP contribution < -0.4 is 4.18 Å². The van der Waals surface area contributed by atoms with Gasteiger partial charge in [-0.3, -0.25) is 4.79 Å². The van der Waals surface area contributed by atoms with Gasteiger partial charge in [-0.25, -0.2) is 0 Å². The number of rotatable bonds is 4. The fourth-order valence-corrected chi connectivity index (χ4v) is 5.88. The number of benzene rings is 1. The summed E-state index contributed by atoms with van der Waals surface area (Å²) in [6, 6.07) is 8.39. The van der Waals surface area contributed by atoms with E-state index in [1.807, 2.05) is 13.8 Å². The van der Waals surface area contributed by atoms with Gasteiger partial charge in [-0.05, 0) is 41.9 Å². The molecule has 118 valence electrons. The number of hydrogen-bond donors (Lipinski definition) is 0. The first-order valence-electron chi connectivity index (χ1n) is 7.40. The van der Waals surface area contributed by atoms with E-state index in [4.69, 9.17) is 4.18 Å². The summed E-state index contributed by atoms with van der Waals surface area (Å²) in [4.78, 5) is 12.6. The largest absolute Gasteiger partial charge is 0.382 e. The first-order valence-corrected chi connectivity index (χ1v) is 8.98. The van der Waals surface area contributed by atoms with Gasteiger partial charge in [-0.1, -0.05) is 38.6 Å². The second-order valence-corrected chi connectivity index (χ2v) is 8.42. The highest BCUT2D eigenvalue weighted by Gasteiger charge is 2.67. The lowest BCUT2D eigenvalue weighted by atomic mass is 9.70. The predicted octanol–water partition coefficient (Wildman–Crippen LogP) is 2.96. The molecule has 2 atom stereocenters. The second kappa shape index (κ2) is 4.69. The highest BCUT2D eigenvalue weighted by Crippen LogP contribution is 2.65. The molecule has 0 aromatic heterocycles. The molecule has 4 nitrogen and oxygen atoms in total. The molecule has 22 heavy (non-hydrogen) atoms. The molecule has 2 aliphatic rings. The second-order valence-electron chi connectivity index (χ2n) is 6.85. The Labute approximate surface area is 131 Å². The van der Waals surface area contributed by atoms with Crippen LogP contribution in [0.4, 0.5) is 0 Å². The summed E-state index contributed by atoms with van der Waals surface area (Å²) in [5.74, 6) is -0.0348. The summed E-state index contributed by atoms with van der Waals surface area (Å²) in [7, 11) is -3.85. The normalized spacial score (nSPS) is 29.8. The number of allylic oxidation sites excluding steroid dienone is 1. The fourth-order valence-electron chi connectivity index (χ4n) is 4.17. The molecule has 1 aromatic carbocycles. The van der Waals surface area contributed by atoms with Crippen molar-refractivity contribution in [3.05, 3.63) is 42.5 Å². The van der Waals surface area contributed by atoms with Crippen LogP contribution >= 0.6 is 0 Å². The molecule has 0 spiro atoms.